The zero-order valence-electron chi connectivity index (χ0n) is 18.7. The van der Waals surface area contributed by atoms with Crippen LogP contribution in [0, 0.1) is 0 Å². The first-order chi connectivity index (χ1) is 16.2. The second-order valence-electron chi connectivity index (χ2n) is 8.28. The van der Waals surface area contributed by atoms with Gasteiger partial charge in [-0.2, -0.15) is 13.2 Å². The fourth-order valence-electron chi connectivity index (χ4n) is 4.15. The van der Waals surface area contributed by atoms with Crippen LogP contribution >= 0.6 is 0 Å². The topological polar surface area (TPSA) is 91.0 Å². The van der Waals surface area contributed by atoms with Crippen LogP contribution in [0.3, 0.4) is 0 Å². The molecule has 0 bridgehead atoms. The Bertz CT molecular complexity index is 1300. The van der Waals surface area contributed by atoms with E-state index in [0.29, 0.717) is 39.7 Å². The second kappa shape index (κ2) is 9.38. The summed E-state index contributed by atoms with van der Waals surface area (Å²) in [6.45, 7) is 2.04. The number of halogens is 3. The van der Waals surface area contributed by atoms with Crippen molar-refractivity contribution in [1.82, 2.24) is 25.2 Å². The number of carbonyl (C=O) groups excluding carboxylic acids is 1. The molecule has 0 radical (unpaired) electrons. The molecular weight excluding hydrogens is 447 g/mol. The van der Waals surface area contributed by atoms with Gasteiger partial charge in [0.2, 0.25) is 0 Å². The molecule has 7 nitrogen and oxygen atoms in total. The number of hydrogen-bond acceptors (Lipinski definition) is 5. The minimum absolute atomic E-state index is 0.0376. The number of nitrogens with one attached hydrogen (secondary N) is 2. The van der Waals surface area contributed by atoms with Gasteiger partial charge in [-0.15, -0.1) is 0 Å². The predicted molar refractivity (Wildman–Crippen MR) is 122 cm³/mol. The van der Waals surface area contributed by atoms with Crippen molar-refractivity contribution in [2.75, 3.05) is 13.6 Å². The lowest BCUT2D eigenvalue weighted by molar-refractivity contribution is -0.176. The molecule has 3 aromatic heterocycles. The largest absolute Gasteiger partial charge is 0.404 e. The van der Waals surface area contributed by atoms with Crippen molar-refractivity contribution < 1.29 is 18.0 Å². The molecule has 1 amide bonds. The highest BCUT2D eigenvalue weighted by Crippen LogP contribution is 2.36. The van der Waals surface area contributed by atoms with Gasteiger partial charge in [0.1, 0.15) is 11.7 Å². The molecule has 0 aromatic carbocycles. The zero-order chi connectivity index (χ0) is 24.5. The number of amides is 1. The summed E-state index contributed by atoms with van der Waals surface area (Å²) in [6.07, 6.45) is 0.717. The molecule has 0 aliphatic carbocycles. The highest BCUT2D eigenvalue weighted by Gasteiger charge is 2.47. The van der Waals surface area contributed by atoms with Gasteiger partial charge in [0.15, 0.2) is 0 Å². The summed E-state index contributed by atoms with van der Waals surface area (Å²) < 4.78 is 41.4. The van der Waals surface area contributed by atoms with E-state index in [1.54, 1.807) is 30.5 Å². The molecule has 2 N–H and O–H groups in total. The molecule has 3 aromatic rings. The number of fused-ring (bicyclic) bond motifs is 1. The van der Waals surface area contributed by atoms with E-state index >= 15 is 0 Å². The van der Waals surface area contributed by atoms with E-state index in [1.807, 2.05) is 6.92 Å². The third-order valence-corrected chi connectivity index (χ3v) is 5.89. The van der Waals surface area contributed by atoms with Crippen molar-refractivity contribution in [3.8, 4) is 0 Å². The minimum atomic E-state index is -4.40. The second-order valence-corrected chi connectivity index (χ2v) is 8.28. The number of alkyl halides is 3. The SMILES string of the molecule is CCc1cc2ncc(CN3C/C(=C/c4ccc(C(=O)NC)nc4)CC3C(F)(F)F)cc2[nH]c1=O. The molecule has 1 aliphatic heterocycles. The minimum Gasteiger partial charge on any atom is -0.354 e. The number of aryl methyl sites for hydroxylation is 1. The summed E-state index contributed by atoms with van der Waals surface area (Å²) in [6, 6.07) is 4.94. The Hall–Kier alpha value is -3.53. The van der Waals surface area contributed by atoms with Crippen molar-refractivity contribution >= 4 is 23.0 Å². The van der Waals surface area contributed by atoms with Crippen LogP contribution in [0.15, 0.2) is 47.0 Å². The van der Waals surface area contributed by atoms with Gasteiger partial charge in [0.05, 0.1) is 11.0 Å². The van der Waals surface area contributed by atoms with E-state index < -0.39 is 12.2 Å². The van der Waals surface area contributed by atoms with Crippen molar-refractivity contribution in [3.05, 3.63) is 75.0 Å². The first-order valence-corrected chi connectivity index (χ1v) is 10.9. The van der Waals surface area contributed by atoms with Gasteiger partial charge in [0, 0.05) is 38.1 Å². The zero-order valence-corrected chi connectivity index (χ0v) is 18.7. The number of H-pyrrole nitrogens is 1. The van der Waals surface area contributed by atoms with Crippen LogP contribution in [0.2, 0.25) is 0 Å². The summed E-state index contributed by atoms with van der Waals surface area (Å²) in [5.74, 6) is -0.334. The van der Waals surface area contributed by atoms with Gasteiger partial charge >= 0.3 is 6.18 Å². The molecule has 1 fully saturated rings. The molecule has 178 valence electrons. The molecule has 4 rings (SSSR count). The summed E-state index contributed by atoms with van der Waals surface area (Å²) in [4.78, 5) is 36.3. The first kappa shape index (κ1) is 23.6. The lowest BCUT2D eigenvalue weighted by atomic mass is 10.1. The smallest absolute Gasteiger partial charge is 0.354 e. The first-order valence-electron chi connectivity index (χ1n) is 10.9. The van der Waals surface area contributed by atoms with E-state index in [9.17, 15) is 22.8 Å². The highest BCUT2D eigenvalue weighted by atomic mass is 19.4. The van der Waals surface area contributed by atoms with Crippen molar-refractivity contribution in [2.45, 2.75) is 38.5 Å². The molecule has 1 saturated heterocycles. The molecule has 1 unspecified atom stereocenters. The summed E-state index contributed by atoms with van der Waals surface area (Å²) in [7, 11) is 1.50. The van der Waals surface area contributed by atoms with E-state index in [4.69, 9.17) is 0 Å². The third kappa shape index (κ3) is 5.01. The van der Waals surface area contributed by atoms with Gasteiger partial charge < -0.3 is 10.3 Å². The number of aromatic nitrogens is 3. The highest BCUT2D eigenvalue weighted by molar-refractivity contribution is 5.92. The number of hydrogen-bond donors (Lipinski definition) is 2. The van der Waals surface area contributed by atoms with Crippen LogP contribution in [0.5, 0.6) is 0 Å². The van der Waals surface area contributed by atoms with Crippen LogP contribution < -0.4 is 10.9 Å². The maximum Gasteiger partial charge on any atom is 0.404 e. The molecule has 10 heteroatoms. The molecule has 1 aliphatic rings. The summed E-state index contributed by atoms with van der Waals surface area (Å²) in [5, 5.41) is 2.47. The molecule has 34 heavy (non-hydrogen) atoms. The fraction of sp³-hybridized carbons (Fsp3) is 0.333. The maximum atomic E-state index is 13.8. The molecule has 4 heterocycles. The number of pyridine rings is 3. The van der Waals surface area contributed by atoms with E-state index in [-0.39, 0.29) is 36.7 Å². The van der Waals surface area contributed by atoms with Crippen LogP contribution in [0.25, 0.3) is 17.1 Å². The van der Waals surface area contributed by atoms with Crippen molar-refractivity contribution in [2.24, 2.45) is 0 Å². The maximum absolute atomic E-state index is 13.8. The predicted octanol–water partition coefficient (Wildman–Crippen LogP) is 3.46. The Morgan fingerprint density at radius 3 is 2.71 bits per heavy atom. The molecule has 0 spiro atoms. The van der Waals surface area contributed by atoms with Crippen LogP contribution in [-0.2, 0) is 13.0 Å². The third-order valence-electron chi connectivity index (χ3n) is 5.89. The van der Waals surface area contributed by atoms with Gasteiger partial charge in [-0.05, 0) is 42.2 Å². The average molecular weight is 471 g/mol. The standard InChI is InChI=1S/C24H24F3N5O2/c1-3-17-9-19-20(31-22(17)33)7-16(11-30-19)13-32-12-15(8-21(32)24(25,26)27)6-14-4-5-18(29-10-14)23(34)28-2/h4-7,9-11,21H,3,8,12-13H2,1-2H3,(H,28,34)(H,31,33)/b15-6+. The Morgan fingerprint density at radius 1 is 1.26 bits per heavy atom. The van der Waals surface area contributed by atoms with Gasteiger partial charge in [-0.25, -0.2) is 0 Å². The van der Waals surface area contributed by atoms with E-state index in [1.165, 1.54) is 24.2 Å². The van der Waals surface area contributed by atoms with Crippen LogP contribution in [0.4, 0.5) is 13.2 Å². The molecule has 1 atom stereocenters. The number of aromatic amines is 1. The average Bonchev–Trinajstić information content (AvgIpc) is 3.21. The lowest BCUT2D eigenvalue weighted by Crippen LogP contribution is -2.40. The van der Waals surface area contributed by atoms with Crippen molar-refractivity contribution in [3.63, 3.8) is 0 Å². The van der Waals surface area contributed by atoms with Gasteiger partial charge in [-0.3, -0.25) is 24.5 Å². The van der Waals surface area contributed by atoms with Crippen molar-refractivity contribution in [1.29, 1.82) is 0 Å². The van der Waals surface area contributed by atoms with Crippen LogP contribution in [-0.4, -0.2) is 51.6 Å². The number of likely N-dealkylation sites (tertiary alicyclic amines) is 1. The Morgan fingerprint density at radius 2 is 2.06 bits per heavy atom. The fourth-order valence-corrected chi connectivity index (χ4v) is 4.15. The quantitative estimate of drug-likeness (QED) is 0.595. The Kier molecular flexibility index (Phi) is 6.52. The normalized spacial score (nSPS) is 18.0. The van der Waals surface area contributed by atoms with Crippen LogP contribution in [0.1, 0.15) is 40.5 Å². The Labute approximate surface area is 193 Å². The summed E-state index contributed by atoms with van der Waals surface area (Å²) in [5.41, 5.74) is 3.55. The molecular formula is C24H24F3N5O2. The monoisotopic (exact) mass is 471 g/mol. The molecule has 0 saturated carbocycles. The summed E-state index contributed by atoms with van der Waals surface area (Å²) >= 11 is 0. The Balaban J connectivity index is 1.57. The number of rotatable bonds is 5. The van der Waals surface area contributed by atoms with E-state index in [2.05, 4.69) is 20.3 Å². The number of carbonyl (C=O) groups is 1. The van der Waals surface area contributed by atoms with E-state index in [0.717, 1.165) is 0 Å². The lowest BCUT2D eigenvalue weighted by Gasteiger charge is -2.25. The van der Waals surface area contributed by atoms with Gasteiger partial charge in [-0.1, -0.05) is 24.6 Å². The number of nitrogens with zero attached hydrogens (tertiary/aromatic N) is 3. The van der Waals surface area contributed by atoms with Gasteiger partial charge in [0.25, 0.3) is 11.5 Å².